The lowest BCUT2D eigenvalue weighted by Gasteiger charge is -2.14. The molecule has 0 saturated carbocycles. The van der Waals surface area contributed by atoms with Gasteiger partial charge in [-0.15, -0.1) is 0 Å². The van der Waals surface area contributed by atoms with E-state index < -0.39 is 0 Å². The number of benzene rings is 1. The molecule has 1 aromatic carbocycles. The number of hydrogen-bond donors (Lipinski definition) is 1. The van der Waals surface area contributed by atoms with E-state index in [1.807, 2.05) is 44.2 Å². The highest BCUT2D eigenvalue weighted by Crippen LogP contribution is 2.23. The van der Waals surface area contributed by atoms with Crippen LogP contribution in [-0.4, -0.2) is 39.5 Å². The Morgan fingerprint density at radius 2 is 2.07 bits per heavy atom. The molecule has 1 aliphatic rings. The smallest absolute Gasteiger partial charge is 0.252 e. The average Bonchev–Trinajstić information content (AvgIpc) is 3.32. The van der Waals surface area contributed by atoms with Gasteiger partial charge in [0.1, 0.15) is 12.2 Å². The highest BCUT2D eigenvalue weighted by atomic mass is 16.5. The molecule has 146 valence electrons. The summed E-state index contributed by atoms with van der Waals surface area (Å²) in [5.41, 5.74) is 2.95. The zero-order valence-electron chi connectivity index (χ0n) is 16.1. The van der Waals surface area contributed by atoms with Gasteiger partial charge < -0.3 is 10.1 Å². The number of aryl methyl sites for hydroxylation is 2. The van der Waals surface area contributed by atoms with E-state index in [1.165, 1.54) is 4.57 Å². The number of carbonyl (C=O) groups excluding carboxylic acids is 1. The number of pyridine rings is 1. The topological polar surface area (TPSA) is 78.2 Å². The third-order valence-corrected chi connectivity index (χ3v) is 5.15. The summed E-state index contributed by atoms with van der Waals surface area (Å²) in [4.78, 5) is 25.3. The molecule has 7 nitrogen and oxygen atoms in total. The molecule has 3 heterocycles. The number of ether oxygens (including phenoxy) is 1. The van der Waals surface area contributed by atoms with Crippen LogP contribution in [0.5, 0.6) is 0 Å². The normalized spacial score (nSPS) is 16.6. The van der Waals surface area contributed by atoms with Crippen molar-refractivity contribution >= 4 is 16.9 Å². The third-order valence-electron chi connectivity index (χ3n) is 5.15. The van der Waals surface area contributed by atoms with Gasteiger partial charge in [0.25, 0.3) is 5.56 Å². The Hall–Kier alpha value is -2.93. The lowest BCUT2D eigenvalue weighted by Crippen LogP contribution is -2.37. The fourth-order valence-electron chi connectivity index (χ4n) is 3.80. The molecule has 1 amide bonds. The van der Waals surface area contributed by atoms with Crippen molar-refractivity contribution in [1.29, 1.82) is 0 Å². The quantitative estimate of drug-likeness (QED) is 0.735. The summed E-state index contributed by atoms with van der Waals surface area (Å²) in [7, 11) is 0. The van der Waals surface area contributed by atoms with Crippen molar-refractivity contribution in [3.8, 4) is 5.69 Å². The Morgan fingerprint density at radius 3 is 2.79 bits per heavy atom. The fraction of sp³-hybridized carbons (Fsp3) is 0.381. The summed E-state index contributed by atoms with van der Waals surface area (Å²) < 4.78 is 8.79. The number of nitrogens with zero attached hydrogens (tertiary/aromatic N) is 3. The van der Waals surface area contributed by atoms with E-state index >= 15 is 0 Å². The highest BCUT2D eigenvalue weighted by molar-refractivity contribution is 5.85. The predicted molar refractivity (Wildman–Crippen MR) is 107 cm³/mol. The van der Waals surface area contributed by atoms with Crippen LogP contribution in [0.15, 0.2) is 41.2 Å². The molecule has 1 unspecified atom stereocenters. The maximum Gasteiger partial charge on any atom is 0.252 e. The first kappa shape index (κ1) is 18.4. The summed E-state index contributed by atoms with van der Waals surface area (Å²) in [5, 5.41) is 8.43. The van der Waals surface area contributed by atoms with Crippen molar-refractivity contribution in [3.05, 3.63) is 58.0 Å². The molecule has 1 saturated heterocycles. The highest BCUT2D eigenvalue weighted by Gasteiger charge is 2.20. The van der Waals surface area contributed by atoms with Crippen LogP contribution < -0.4 is 10.9 Å². The Bertz CT molecular complexity index is 1060. The zero-order chi connectivity index (χ0) is 19.7. The average molecular weight is 380 g/mol. The van der Waals surface area contributed by atoms with Crippen molar-refractivity contribution in [2.75, 3.05) is 13.2 Å². The zero-order valence-corrected chi connectivity index (χ0v) is 16.1. The van der Waals surface area contributed by atoms with Crippen molar-refractivity contribution in [2.24, 2.45) is 0 Å². The second kappa shape index (κ2) is 7.59. The maximum absolute atomic E-state index is 12.8. The number of amides is 1. The van der Waals surface area contributed by atoms with Gasteiger partial charge in [0, 0.05) is 24.6 Å². The van der Waals surface area contributed by atoms with Gasteiger partial charge in [-0.1, -0.05) is 18.2 Å². The molecule has 7 heteroatoms. The monoisotopic (exact) mass is 380 g/mol. The summed E-state index contributed by atoms with van der Waals surface area (Å²) in [6, 6.07) is 11.2. The van der Waals surface area contributed by atoms with Crippen LogP contribution in [0, 0.1) is 13.8 Å². The minimum atomic E-state index is -0.214. The van der Waals surface area contributed by atoms with Crippen molar-refractivity contribution in [2.45, 2.75) is 39.3 Å². The van der Waals surface area contributed by atoms with Crippen LogP contribution >= 0.6 is 0 Å². The second-order valence-corrected chi connectivity index (χ2v) is 7.22. The molecule has 1 N–H and O–H groups in total. The molecule has 3 aromatic rings. The first-order valence-corrected chi connectivity index (χ1v) is 9.58. The molecule has 1 atom stereocenters. The van der Waals surface area contributed by atoms with Crippen molar-refractivity contribution in [1.82, 2.24) is 19.7 Å². The number of aromatic nitrogens is 3. The molecule has 1 fully saturated rings. The number of rotatable bonds is 5. The van der Waals surface area contributed by atoms with E-state index in [1.54, 1.807) is 10.7 Å². The van der Waals surface area contributed by atoms with Crippen LogP contribution in [0.1, 0.15) is 24.1 Å². The molecule has 2 aromatic heterocycles. The summed E-state index contributed by atoms with van der Waals surface area (Å²) in [6.07, 6.45) is 2.04. The van der Waals surface area contributed by atoms with E-state index in [-0.39, 0.29) is 24.1 Å². The molecule has 0 radical (unpaired) electrons. The Morgan fingerprint density at radius 1 is 1.29 bits per heavy atom. The molecule has 0 aliphatic carbocycles. The van der Waals surface area contributed by atoms with Gasteiger partial charge in [-0.2, -0.15) is 5.10 Å². The van der Waals surface area contributed by atoms with Crippen LogP contribution in [-0.2, 0) is 16.1 Å². The van der Waals surface area contributed by atoms with E-state index in [0.717, 1.165) is 41.8 Å². The Labute approximate surface area is 162 Å². The minimum absolute atomic E-state index is 0.0553. The van der Waals surface area contributed by atoms with Crippen molar-refractivity contribution in [3.63, 3.8) is 0 Å². The van der Waals surface area contributed by atoms with E-state index in [4.69, 9.17) is 4.74 Å². The Kier molecular flexibility index (Phi) is 5.00. The van der Waals surface area contributed by atoms with E-state index in [9.17, 15) is 9.59 Å². The lowest BCUT2D eigenvalue weighted by atomic mass is 10.1. The van der Waals surface area contributed by atoms with Crippen LogP contribution in [0.4, 0.5) is 0 Å². The third kappa shape index (κ3) is 3.45. The van der Waals surface area contributed by atoms with Gasteiger partial charge in [-0.3, -0.25) is 14.2 Å². The summed E-state index contributed by atoms with van der Waals surface area (Å²) in [6.45, 7) is 4.98. The molecule has 28 heavy (non-hydrogen) atoms. The van der Waals surface area contributed by atoms with Crippen LogP contribution in [0.2, 0.25) is 0 Å². The standard InChI is InChI=1S/C21H24N4O3/c1-14-11-19(27)24(13-18(26)22-12-17-9-6-10-28-17)21-20(14)15(2)23-25(21)16-7-4-3-5-8-16/h3-5,7-8,11,17H,6,9-10,12-13H2,1-2H3,(H,22,26). The van der Waals surface area contributed by atoms with Gasteiger partial charge in [0.05, 0.1) is 17.5 Å². The number of fused-ring (bicyclic) bond motifs is 1. The number of para-hydroxylation sites is 1. The molecular weight excluding hydrogens is 356 g/mol. The number of nitrogens with one attached hydrogen (secondary N) is 1. The van der Waals surface area contributed by atoms with Crippen LogP contribution in [0.3, 0.4) is 0 Å². The molecule has 4 rings (SSSR count). The molecule has 0 spiro atoms. The SMILES string of the molecule is Cc1cc(=O)n(CC(=O)NCC2CCCO2)c2c1c(C)nn2-c1ccccc1. The fourth-order valence-corrected chi connectivity index (χ4v) is 3.80. The molecular formula is C21H24N4O3. The second-order valence-electron chi connectivity index (χ2n) is 7.22. The Balaban J connectivity index is 1.72. The van der Waals surface area contributed by atoms with Crippen LogP contribution in [0.25, 0.3) is 16.7 Å². The van der Waals surface area contributed by atoms with E-state index in [0.29, 0.717) is 12.2 Å². The first-order chi connectivity index (χ1) is 13.5. The number of carbonyl (C=O) groups is 1. The summed E-state index contributed by atoms with van der Waals surface area (Å²) >= 11 is 0. The number of hydrogen-bond acceptors (Lipinski definition) is 4. The van der Waals surface area contributed by atoms with Gasteiger partial charge >= 0.3 is 0 Å². The molecule has 0 bridgehead atoms. The summed E-state index contributed by atoms with van der Waals surface area (Å²) in [5.74, 6) is -0.207. The minimum Gasteiger partial charge on any atom is -0.376 e. The van der Waals surface area contributed by atoms with Gasteiger partial charge in [0.15, 0.2) is 0 Å². The predicted octanol–water partition coefficient (Wildman–Crippen LogP) is 2.10. The lowest BCUT2D eigenvalue weighted by molar-refractivity contribution is -0.122. The molecule has 1 aliphatic heterocycles. The van der Waals surface area contributed by atoms with Gasteiger partial charge in [-0.05, 0) is 44.4 Å². The van der Waals surface area contributed by atoms with E-state index in [2.05, 4.69) is 10.4 Å². The van der Waals surface area contributed by atoms with Crippen molar-refractivity contribution < 1.29 is 9.53 Å². The maximum atomic E-state index is 12.8. The largest absolute Gasteiger partial charge is 0.376 e. The van der Waals surface area contributed by atoms with Gasteiger partial charge in [-0.25, -0.2) is 4.68 Å². The first-order valence-electron chi connectivity index (χ1n) is 9.58. The van der Waals surface area contributed by atoms with Gasteiger partial charge in [0.2, 0.25) is 5.91 Å².